The number of halogens is 3. The van der Waals surface area contributed by atoms with E-state index in [0.29, 0.717) is 11.8 Å². The highest BCUT2D eigenvalue weighted by Gasteiger charge is 2.17. The van der Waals surface area contributed by atoms with Crippen molar-refractivity contribution in [3.63, 3.8) is 0 Å². The van der Waals surface area contributed by atoms with Crippen LogP contribution in [0.2, 0.25) is 0 Å². The number of aryl methyl sites for hydroxylation is 1. The van der Waals surface area contributed by atoms with E-state index in [1.165, 1.54) is 0 Å². The predicted octanol–water partition coefficient (Wildman–Crippen LogP) is 2.73. The molecule has 0 atom stereocenters. The number of anilines is 2. The molecule has 9 heteroatoms. The van der Waals surface area contributed by atoms with Crippen molar-refractivity contribution in [1.82, 2.24) is 5.32 Å². The van der Waals surface area contributed by atoms with E-state index in [-0.39, 0.29) is 5.69 Å². The first kappa shape index (κ1) is 19.5. The first-order valence-corrected chi connectivity index (χ1v) is 8.16. The molecule has 3 N–H and O–H groups in total. The molecule has 0 saturated carbocycles. The second kappa shape index (κ2) is 8.52. The van der Waals surface area contributed by atoms with Crippen LogP contribution in [0.3, 0.4) is 0 Å². The zero-order chi connectivity index (χ0) is 19.3. The summed E-state index contributed by atoms with van der Waals surface area (Å²) in [5, 5.41) is 6.70. The standard InChI is InChI=1S/C17H14BrF2N3O3/c1-9-6-10(18)2-4-13(9)22-15(24)8-21-16(25)17(26)23-14-5-3-11(19)7-12(14)20/h2-7H,8H2,1H3,(H,21,25)(H,22,24)(H,23,26). The van der Waals surface area contributed by atoms with Gasteiger partial charge in [-0.05, 0) is 42.8 Å². The van der Waals surface area contributed by atoms with Crippen LogP contribution < -0.4 is 16.0 Å². The molecule has 2 aromatic carbocycles. The Morgan fingerprint density at radius 1 is 0.962 bits per heavy atom. The van der Waals surface area contributed by atoms with E-state index in [2.05, 4.69) is 26.6 Å². The maximum atomic E-state index is 13.4. The lowest BCUT2D eigenvalue weighted by atomic mass is 10.2. The van der Waals surface area contributed by atoms with Gasteiger partial charge in [0.15, 0.2) is 0 Å². The fourth-order valence-corrected chi connectivity index (χ4v) is 2.45. The number of carbonyl (C=O) groups excluding carboxylic acids is 3. The average molecular weight is 426 g/mol. The summed E-state index contributed by atoms with van der Waals surface area (Å²) in [6.45, 7) is 1.34. The molecule has 2 aromatic rings. The van der Waals surface area contributed by atoms with E-state index in [1.807, 2.05) is 5.32 Å². The predicted molar refractivity (Wildman–Crippen MR) is 95.5 cm³/mol. The Morgan fingerprint density at radius 2 is 1.65 bits per heavy atom. The van der Waals surface area contributed by atoms with Gasteiger partial charge in [0, 0.05) is 16.2 Å². The number of amides is 3. The Bertz CT molecular complexity index is 874. The molecule has 0 aliphatic rings. The van der Waals surface area contributed by atoms with E-state index in [9.17, 15) is 23.2 Å². The largest absolute Gasteiger partial charge is 0.339 e. The minimum atomic E-state index is -1.18. The highest BCUT2D eigenvalue weighted by atomic mass is 79.9. The molecule has 0 aliphatic carbocycles. The molecular weight excluding hydrogens is 412 g/mol. The summed E-state index contributed by atoms with van der Waals surface area (Å²) >= 11 is 3.30. The van der Waals surface area contributed by atoms with Gasteiger partial charge < -0.3 is 16.0 Å². The number of hydrogen-bond donors (Lipinski definition) is 3. The molecule has 0 unspecified atom stereocenters. The molecular formula is C17H14BrF2N3O3. The van der Waals surface area contributed by atoms with Crippen LogP contribution in [0, 0.1) is 18.6 Å². The molecule has 0 saturated heterocycles. The molecule has 3 amide bonds. The van der Waals surface area contributed by atoms with Crippen LogP contribution in [0.4, 0.5) is 20.2 Å². The van der Waals surface area contributed by atoms with Crippen molar-refractivity contribution in [3.05, 3.63) is 58.1 Å². The van der Waals surface area contributed by atoms with Crippen LogP contribution >= 0.6 is 15.9 Å². The van der Waals surface area contributed by atoms with Gasteiger partial charge in [0.25, 0.3) is 0 Å². The molecule has 2 rings (SSSR count). The lowest BCUT2D eigenvalue weighted by Gasteiger charge is -2.10. The monoisotopic (exact) mass is 425 g/mol. The van der Waals surface area contributed by atoms with Gasteiger partial charge in [-0.3, -0.25) is 14.4 Å². The lowest BCUT2D eigenvalue weighted by Crippen LogP contribution is -2.40. The quantitative estimate of drug-likeness (QED) is 0.658. The minimum Gasteiger partial charge on any atom is -0.339 e. The third-order valence-electron chi connectivity index (χ3n) is 3.26. The summed E-state index contributed by atoms with van der Waals surface area (Å²) in [6, 6.07) is 7.72. The lowest BCUT2D eigenvalue weighted by molar-refractivity contribution is -0.136. The van der Waals surface area contributed by atoms with Crippen molar-refractivity contribution >= 4 is 45.0 Å². The van der Waals surface area contributed by atoms with Gasteiger partial charge >= 0.3 is 11.8 Å². The van der Waals surface area contributed by atoms with E-state index in [1.54, 1.807) is 25.1 Å². The number of nitrogens with one attached hydrogen (secondary N) is 3. The third-order valence-corrected chi connectivity index (χ3v) is 3.75. The van der Waals surface area contributed by atoms with Gasteiger partial charge in [0.1, 0.15) is 11.6 Å². The molecule has 0 aromatic heterocycles. The second-order valence-electron chi connectivity index (χ2n) is 5.27. The van der Waals surface area contributed by atoms with E-state index >= 15 is 0 Å². The Morgan fingerprint density at radius 3 is 2.31 bits per heavy atom. The Labute approximate surface area is 156 Å². The fraction of sp³-hybridized carbons (Fsp3) is 0.118. The van der Waals surface area contributed by atoms with Crippen molar-refractivity contribution in [3.8, 4) is 0 Å². The summed E-state index contributed by atoms with van der Waals surface area (Å²) in [4.78, 5) is 35.2. The molecule has 0 bridgehead atoms. The summed E-state index contributed by atoms with van der Waals surface area (Å²) in [5.41, 5.74) is 1.02. The van der Waals surface area contributed by atoms with Crippen molar-refractivity contribution in [2.45, 2.75) is 6.92 Å². The zero-order valence-electron chi connectivity index (χ0n) is 13.5. The Kier molecular flexibility index (Phi) is 6.40. The Hall–Kier alpha value is -2.81. The average Bonchev–Trinajstić information content (AvgIpc) is 2.57. The van der Waals surface area contributed by atoms with Crippen molar-refractivity contribution in [2.24, 2.45) is 0 Å². The number of carbonyl (C=O) groups is 3. The van der Waals surface area contributed by atoms with E-state index in [4.69, 9.17) is 0 Å². The second-order valence-corrected chi connectivity index (χ2v) is 6.18. The molecule has 26 heavy (non-hydrogen) atoms. The first-order valence-electron chi connectivity index (χ1n) is 7.36. The summed E-state index contributed by atoms with van der Waals surface area (Å²) in [7, 11) is 0. The molecule has 0 heterocycles. The van der Waals surface area contributed by atoms with Crippen LogP contribution in [-0.2, 0) is 14.4 Å². The van der Waals surface area contributed by atoms with Gasteiger partial charge in [0.05, 0.1) is 12.2 Å². The van der Waals surface area contributed by atoms with Crippen molar-refractivity contribution < 1.29 is 23.2 Å². The molecule has 0 radical (unpaired) electrons. The molecule has 136 valence electrons. The van der Waals surface area contributed by atoms with Crippen molar-refractivity contribution in [2.75, 3.05) is 17.2 Å². The van der Waals surface area contributed by atoms with Crippen LogP contribution in [-0.4, -0.2) is 24.3 Å². The highest BCUT2D eigenvalue weighted by molar-refractivity contribution is 9.10. The van der Waals surface area contributed by atoms with Crippen LogP contribution in [0.25, 0.3) is 0 Å². The molecule has 0 spiro atoms. The number of benzene rings is 2. The van der Waals surface area contributed by atoms with Gasteiger partial charge in [0.2, 0.25) is 5.91 Å². The molecule has 0 aliphatic heterocycles. The van der Waals surface area contributed by atoms with Crippen molar-refractivity contribution in [1.29, 1.82) is 0 Å². The fourth-order valence-electron chi connectivity index (χ4n) is 1.97. The van der Waals surface area contributed by atoms with Crippen LogP contribution in [0.1, 0.15) is 5.56 Å². The first-order chi connectivity index (χ1) is 12.3. The van der Waals surface area contributed by atoms with Gasteiger partial charge in [-0.2, -0.15) is 0 Å². The van der Waals surface area contributed by atoms with Crippen LogP contribution in [0.15, 0.2) is 40.9 Å². The Balaban J connectivity index is 1.87. The summed E-state index contributed by atoms with van der Waals surface area (Å²) in [6.07, 6.45) is 0. The summed E-state index contributed by atoms with van der Waals surface area (Å²) in [5.74, 6) is -4.68. The summed E-state index contributed by atoms with van der Waals surface area (Å²) < 4.78 is 27.1. The van der Waals surface area contributed by atoms with Gasteiger partial charge in [-0.25, -0.2) is 8.78 Å². The van der Waals surface area contributed by atoms with E-state index in [0.717, 1.165) is 22.2 Å². The van der Waals surface area contributed by atoms with E-state index < -0.39 is 35.9 Å². The molecule has 0 fully saturated rings. The topological polar surface area (TPSA) is 87.3 Å². The van der Waals surface area contributed by atoms with Gasteiger partial charge in [-0.1, -0.05) is 15.9 Å². The third kappa shape index (κ3) is 5.35. The smallest absolute Gasteiger partial charge is 0.313 e. The highest BCUT2D eigenvalue weighted by Crippen LogP contribution is 2.19. The normalized spacial score (nSPS) is 10.2. The number of rotatable bonds is 4. The molecule has 6 nitrogen and oxygen atoms in total. The number of hydrogen-bond acceptors (Lipinski definition) is 3. The maximum Gasteiger partial charge on any atom is 0.313 e. The maximum absolute atomic E-state index is 13.4. The zero-order valence-corrected chi connectivity index (χ0v) is 15.1. The van der Waals surface area contributed by atoms with Crippen LogP contribution in [0.5, 0.6) is 0 Å². The minimum absolute atomic E-state index is 0.346. The van der Waals surface area contributed by atoms with Gasteiger partial charge in [-0.15, -0.1) is 0 Å². The SMILES string of the molecule is Cc1cc(Br)ccc1NC(=O)CNC(=O)C(=O)Nc1ccc(F)cc1F.